The Morgan fingerprint density at radius 2 is 1.56 bits per heavy atom. The SMILES string of the molecule is Cc1cc(C)c(N=Cc2cc(C)cc(C(C)(C)c3ccccc3)c2O)c(C2CCCC2)c1. The van der Waals surface area contributed by atoms with E-state index in [0.717, 1.165) is 22.4 Å². The molecule has 0 unspecified atom stereocenters. The number of hydrogen-bond donors (Lipinski definition) is 1. The summed E-state index contributed by atoms with van der Waals surface area (Å²) in [7, 11) is 0. The second-order valence-corrected chi connectivity index (χ2v) is 10.0. The van der Waals surface area contributed by atoms with E-state index in [1.165, 1.54) is 47.9 Å². The summed E-state index contributed by atoms with van der Waals surface area (Å²) in [4.78, 5) is 4.97. The van der Waals surface area contributed by atoms with Crippen molar-refractivity contribution in [1.29, 1.82) is 0 Å². The molecule has 0 bridgehead atoms. The van der Waals surface area contributed by atoms with Gasteiger partial charge >= 0.3 is 0 Å². The zero-order valence-corrected chi connectivity index (χ0v) is 20.1. The van der Waals surface area contributed by atoms with Crippen molar-refractivity contribution >= 4 is 11.9 Å². The van der Waals surface area contributed by atoms with Crippen molar-refractivity contribution in [1.82, 2.24) is 0 Å². The number of aryl methyl sites for hydroxylation is 3. The molecule has 1 aliphatic rings. The molecule has 0 atom stereocenters. The van der Waals surface area contributed by atoms with Crippen LogP contribution in [0.15, 0.2) is 59.6 Å². The van der Waals surface area contributed by atoms with Crippen LogP contribution in [0, 0.1) is 20.8 Å². The number of nitrogens with zero attached hydrogens (tertiary/aromatic N) is 1. The molecule has 0 aromatic heterocycles. The van der Waals surface area contributed by atoms with Gasteiger partial charge in [0.15, 0.2) is 0 Å². The highest BCUT2D eigenvalue weighted by molar-refractivity contribution is 5.87. The summed E-state index contributed by atoms with van der Waals surface area (Å²) in [6.07, 6.45) is 6.96. The van der Waals surface area contributed by atoms with Crippen LogP contribution in [0.3, 0.4) is 0 Å². The van der Waals surface area contributed by atoms with Crippen LogP contribution >= 0.6 is 0 Å². The Labute approximate surface area is 193 Å². The zero-order chi connectivity index (χ0) is 22.9. The lowest BCUT2D eigenvalue weighted by Gasteiger charge is -2.28. The lowest BCUT2D eigenvalue weighted by Crippen LogP contribution is -2.19. The van der Waals surface area contributed by atoms with E-state index in [4.69, 9.17) is 4.99 Å². The molecule has 1 N–H and O–H groups in total. The molecule has 2 heteroatoms. The molecule has 32 heavy (non-hydrogen) atoms. The van der Waals surface area contributed by atoms with Crippen LogP contribution in [-0.4, -0.2) is 11.3 Å². The Morgan fingerprint density at radius 1 is 0.906 bits per heavy atom. The van der Waals surface area contributed by atoms with Gasteiger partial charge in [-0.15, -0.1) is 0 Å². The zero-order valence-electron chi connectivity index (χ0n) is 20.1. The van der Waals surface area contributed by atoms with Crippen LogP contribution in [0.1, 0.15) is 84.4 Å². The fourth-order valence-electron chi connectivity index (χ4n) is 5.24. The second kappa shape index (κ2) is 8.94. The topological polar surface area (TPSA) is 32.6 Å². The Bertz CT molecular complexity index is 1140. The van der Waals surface area contributed by atoms with Gasteiger partial charge in [0.05, 0.1) is 5.69 Å². The molecule has 0 amide bonds. The van der Waals surface area contributed by atoms with E-state index < -0.39 is 0 Å². The molecule has 0 heterocycles. The minimum atomic E-state index is -0.311. The Balaban J connectivity index is 1.77. The first kappa shape index (κ1) is 22.3. The van der Waals surface area contributed by atoms with Crippen LogP contribution < -0.4 is 0 Å². The molecule has 0 aliphatic heterocycles. The monoisotopic (exact) mass is 425 g/mol. The second-order valence-electron chi connectivity index (χ2n) is 10.0. The highest BCUT2D eigenvalue weighted by atomic mass is 16.3. The number of phenols is 1. The normalized spacial score (nSPS) is 15.0. The van der Waals surface area contributed by atoms with Crippen molar-refractivity contribution in [2.45, 2.75) is 71.6 Å². The van der Waals surface area contributed by atoms with E-state index in [2.05, 4.69) is 77.1 Å². The van der Waals surface area contributed by atoms with Crippen LogP contribution in [-0.2, 0) is 5.41 Å². The first-order chi connectivity index (χ1) is 15.3. The van der Waals surface area contributed by atoms with Gasteiger partial charge in [-0.2, -0.15) is 0 Å². The molecule has 0 saturated heterocycles. The maximum atomic E-state index is 11.3. The maximum absolute atomic E-state index is 11.3. The molecule has 2 nitrogen and oxygen atoms in total. The van der Waals surface area contributed by atoms with Gasteiger partial charge in [0.1, 0.15) is 5.75 Å². The maximum Gasteiger partial charge on any atom is 0.128 e. The molecule has 1 saturated carbocycles. The number of aromatic hydroxyl groups is 1. The Morgan fingerprint density at radius 3 is 2.25 bits per heavy atom. The average Bonchev–Trinajstić information content (AvgIpc) is 3.30. The van der Waals surface area contributed by atoms with E-state index in [-0.39, 0.29) is 5.41 Å². The number of phenolic OH excluding ortho intramolecular Hbond substituents is 1. The van der Waals surface area contributed by atoms with Gasteiger partial charge in [0.25, 0.3) is 0 Å². The molecule has 0 radical (unpaired) electrons. The van der Waals surface area contributed by atoms with Crippen molar-refractivity contribution in [3.63, 3.8) is 0 Å². The first-order valence-electron chi connectivity index (χ1n) is 11.8. The highest BCUT2D eigenvalue weighted by Gasteiger charge is 2.27. The van der Waals surface area contributed by atoms with E-state index in [0.29, 0.717) is 11.7 Å². The largest absolute Gasteiger partial charge is 0.507 e. The number of aliphatic imine (C=N–C) groups is 1. The first-order valence-corrected chi connectivity index (χ1v) is 11.8. The summed E-state index contributed by atoms with van der Waals surface area (Å²) in [6.45, 7) is 10.7. The number of benzene rings is 3. The van der Waals surface area contributed by atoms with Crippen LogP contribution in [0.2, 0.25) is 0 Å². The molecule has 3 aromatic carbocycles. The van der Waals surface area contributed by atoms with Crippen molar-refractivity contribution < 1.29 is 5.11 Å². The third kappa shape index (κ3) is 4.37. The van der Waals surface area contributed by atoms with Crippen molar-refractivity contribution in [2.24, 2.45) is 4.99 Å². The number of rotatable bonds is 5. The Kier molecular flexibility index (Phi) is 6.24. The van der Waals surface area contributed by atoms with Gasteiger partial charge in [-0.05, 0) is 67.9 Å². The molecular formula is C30H35NO. The van der Waals surface area contributed by atoms with Crippen molar-refractivity contribution in [3.05, 3.63) is 93.5 Å². The quantitative estimate of drug-likeness (QED) is 0.412. The molecule has 4 rings (SSSR count). The molecule has 3 aromatic rings. The van der Waals surface area contributed by atoms with Gasteiger partial charge in [-0.3, -0.25) is 4.99 Å². The summed E-state index contributed by atoms with van der Waals surface area (Å²) in [5.41, 5.74) is 8.66. The Hall–Kier alpha value is -2.87. The van der Waals surface area contributed by atoms with E-state index in [9.17, 15) is 5.11 Å². The summed E-state index contributed by atoms with van der Waals surface area (Å²) < 4.78 is 0. The molecule has 1 fully saturated rings. The lowest BCUT2D eigenvalue weighted by atomic mass is 9.76. The molecule has 166 valence electrons. The van der Waals surface area contributed by atoms with Gasteiger partial charge in [-0.1, -0.05) is 80.8 Å². The number of hydrogen-bond acceptors (Lipinski definition) is 2. The van der Waals surface area contributed by atoms with Gasteiger partial charge in [0.2, 0.25) is 0 Å². The molecule has 0 spiro atoms. The van der Waals surface area contributed by atoms with Crippen LogP contribution in [0.25, 0.3) is 0 Å². The van der Waals surface area contributed by atoms with E-state index >= 15 is 0 Å². The lowest BCUT2D eigenvalue weighted by molar-refractivity contribution is 0.452. The third-order valence-electron chi connectivity index (χ3n) is 7.05. The van der Waals surface area contributed by atoms with E-state index in [1.54, 1.807) is 0 Å². The standard InChI is InChI=1S/C30H35NO/c1-20-15-22(3)28(26(17-20)23-11-9-10-12-23)31-19-24-16-21(2)18-27(29(24)32)30(4,5)25-13-7-6-8-14-25/h6-8,13-19,23,32H,9-12H2,1-5H3. The summed E-state index contributed by atoms with van der Waals surface area (Å²) in [6, 6.07) is 19.0. The van der Waals surface area contributed by atoms with Crippen LogP contribution in [0.5, 0.6) is 5.75 Å². The summed E-state index contributed by atoms with van der Waals surface area (Å²) >= 11 is 0. The van der Waals surface area contributed by atoms with Gasteiger partial charge in [-0.25, -0.2) is 0 Å². The fraction of sp³-hybridized carbons (Fsp3) is 0.367. The van der Waals surface area contributed by atoms with Crippen molar-refractivity contribution in [2.75, 3.05) is 0 Å². The summed E-state index contributed by atoms with van der Waals surface area (Å²) in [5.74, 6) is 0.916. The minimum absolute atomic E-state index is 0.311. The van der Waals surface area contributed by atoms with Crippen LogP contribution in [0.4, 0.5) is 5.69 Å². The third-order valence-corrected chi connectivity index (χ3v) is 7.05. The van der Waals surface area contributed by atoms with Gasteiger partial charge in [0, 0.05) is 22.8 Å². The highest BCUT2D eigenvalue weighted by Crippen LogP contribution is 2.42. The predicted molar refractivity (Wildman–Crippen MR) is 136 cm³/mol. The van der Waals surface area contributed by atoms with E-state index in [1.807, 2.05) is 18.3 Å². The molecule has 1 aliphatic carbocycles. The fourth-order valence-corrected chi connectivity index (χ4v) is 5.24. The minimum Gasteiger partial charge on any atom is -0.507 e. The smallest absolute Gasteiger partial charge is 0.128 e. The molecular weight excluding hydrogens is 390 g/mol. The summed E-state index contributed by atoms with van der Waals surface area (Å²) in [5, 5.41) is 11.3. The van der Waals surface area contributed by atoms with Gasteiger partial charge < -0.3 is 5.11 Å². The predicted octanol–water partition coefficient (Wildman–Crippen LogP) is 8.05. The van der Waals surface area contributed by atoms with Crippen molar-refractivity contribution in [3.8, 4) is 5.75 Å². The average molecular weight is 426 g/mol.